The van der Waals surface area contributed by atoms with Gasteiger partial charge in [-0.15, -0.1) is 0 Å². The van der Waals surface area contributed by atoms with Gasteiger partial charge in [-0.2, -0.15) is 5.10 Å². The smallest absolute Gasteiger partial charge is 0.281 e. The first-order valence-electron chi connectivity index (χ1n) is 14.3. The Labute approximate surface area is 245 Å². The van der Waals surface area contributed by atoms with E-state index >= 15 is 4.39 Å². The lowest BCUT2D eigenvalue weighted by atomic mass is 9.89. The summed E-state index contributed by atoms with van der Waals surface area (Å²) < 4.78 is 45.6. The van der Waals surface area contributed by atoms with Gasteiger partial charge in [-0.1, -0.05) is 54.6 Å². The summed E-state index contributed by atoms with van der Waals surface area (Å²) in [6.45, 7) is -0.198. The average molecular weight is 595 g/mol. The fourth-order valence-corrected chi connectivity index (χ4v) is 5.98. The van der Waals surface area contributed by atoms with Crippen LogP contribution in [0.1, 0.15) is 42.7 Å². The molecule has 3 heterocycles. The Morgan fingerprint density at radius 3 is 2.26 bits per heavy atom. The van der Waals surface area contributed by atoms with Crippen molar-refractivity contribution in [2.75, 3.05) is 13.1 Å². The molecule has 2 unspecified atom stereocenters. The number of alkyl halides is 3. The predicted octanol–water partition coefficient (Wildman–Crippen LogP) is 3.49. The molecule has 9 nitrogen and oxygen atoms in total. The van der Waals surface area contributed by atoms with Gasteiger partial charge < -0.3 is 15.7 Å². The highest BCUT2D eigenvalue weighted by atomic mass is 19.3. The van der Waals surface area contributed by atoms with Gasteiger partial charge in [0.1, 0.15) is 5.52 Å². The maximum Gasteiger partial charge on any atom is 0.281 e. The Hall–Kier alpha value is -4.03. The first-order valence-corrected chi connectivity index (χ1v) is 14.3. The van der Waals surface area contributed by atoms with Crippen LogP contribution in [0.15, 0.2) is 65.7 Å². The highest BCUT2D eigenvalue weighted by molar-refractivity contribution is 5.89. The third-order valence-electron chi connectivity index (χ3n) is 8.81. The Balaban J connectivity index is 1.16. The number of halogens is 3. The van der Waals surface area contributed by atoms with E-state index in [2.05, 4.69) is 10.1 Å². The summed E-state index contributed by atoms with van der Waals surface area (Å²) in [5.74, 6) is -2.92. The van der Waals surface area contributed by atoms with Crippen LogP contribution >= 0.6 is 0 Å². The van der Waals surface area contributed by atoms with E-state index in [1.165, 1.54) is 35.2 Å². The average Bonchev–Trinajstić information content (AvgIpc) is 3.65. The zero-order valence-electron chi connectivity index (χ0n) is 23.7. The Kier molecular flexibility index (Phi) is 7.37. The summed E-state index contributed by atoms with van der Waals surface area (Å²) in [4.78, 5) is 31.9. The number of aryl methyl sites for hydroxylation is 1. The molecule has 2 fully saturated rings. The van der Waals surface area contributed by atoms with Gasteiger partial charge in [-0.25, -0.2) is 18.2 Å². The topological polar surface area (TPSA) is 119 Å². The monoisotopic (exact) mass is 594 g/mol. The van der Waals surface area contributed by atoms with Crippen molar-refractivity contribution in [2.45, 2.75) is 61.9 Å². The zero-order chi connectivity index (χ0) is 30.5. The summed E-state index contributed by atoms with van der Waals surface area (Å²) >= 11 is 0. The van der Waals surface area contributed by atoms with E-state index in [1.807, 2.05) is 24.3 Å². The molecule has 0 spiro atoms. The minimum Gasteiger partial charge on any atom is -0.388 e. The van der Waals surface area contributed by atoms with E-state index in [-0.39, 0.29) is 49.1 Å². The van der Waals surface area contributed by atoms with Crippen LogP contribution in [0.5, 0.6) is 0 Å². The number of nitrogens with two attached hydrogens (primary N) is 1. The molecule has 226 valence electrons. The first kappa shape index (κ1) is 29.1. The fourth-order valence-electron chi connectivity index (χ4n) is 5.98. The third-order valence-corrected chi connectivity index (χ3v) is 8.81. The van der Waals surface area contributed by atoms with Crippen molar-refractivity contribution in [2.24, 2.45) is 12.8 Å². The Morgan fingerprint density at radius 2 is 1.65 bits per heavy atom. The number of aromatic nitrogens is 4. The summed E-state index contributed by atoms with van der Waals surface area (Å²) in [7, 11) is 1.73. The van der Waals surface area contributed by atoms with Crippen LogP contribution in [0.2, 0.25) is 0 Å². The van der Waals surface area contributed by atoms with Crippen LogP contribution in [0.3, 0.4) is 0 Å². The molecule has 1 amide bonds. The number of hydrogen-bond donors (Lipinski definition) is 2. The Bertz CT molecular complexity index is 1690. The van der Waals surface area contributed by atoms with Crippen LogP contribution in [0.25, 0.3) is 22.3 Å². The SMILES string of the molecule is Cn1nc2c(=O)n(CC3(O)CCN(C(=O)C(F)C(c4ccccc4)C(F)F)CC3)cnc2c1-c1ccc(C2(N)CC2)cc1. The maximum atomic E-state index is 15.2. The van der Waals surface area contributed by atoms with Crippen molar-refractivity contribution in [3.05, 3.63) is 82.4 Å². The van der Waals surface area contributed by atoms with E-state index in [9.17, 15) is 23.5 Å². The van der Waals surface area contributed by atoms with Crippen LogP contribution in [0.4, 0.5) is 13.2 Å². The van der Waals surface area contributed by atoms with E-state index in [0.29, 0.717) is 11.2 Å². The van der Waals surface area contributed by atoms with Crippen LogP contribution in [-0.4, -0.2) is 66.5 Å². The van der Waals surface area contributed by atoms with Gasteiger partial charge in [0.2, 0.25) is 6.43 Å². The number of piperidine rings is 1. The molecule has 1 aliphatic heterocycles. The van der Waals surface area contributed by atoms with Gasteiger partial charge in [0.15, 0.2) is 11.7 Å². The number of carbonyl (C=O) groups is 1. The van der Waals surface area contributed by atoms with Crippen molar-refractivity contribution in [1.82, 2.24) is 24.2 Å². The lowest BCUT2D eigenvalue weighted by Gasteiger charge is -2.39. The minimum atomic E-state index is -3.07. The van der Waals surface area contributed by atoms with Gasteiger partial charge >= 0.3 is 0 Å². The molecular weight excluding hydrogens is 561 g/mol. The number of benzene rings is 2. The lowest BCUT2D eigenvalue weighted by molar-refractivity contribution is -0.143. The fraction of sp³-hybridized carbons (Fsp3) is 0.419. The molecule has 0 radical (unpaired) electrons. The molecule has 1 aliphatic carbocycles. The summed E-state index contributed by atoms with van der Waals surface area (Å²) in [6.07, 6.45) is -2.17. The van der Waals surface area contributed by atoms with Gasteiger partial charge in [0, 0.05) is 31.2 Å². The molecule has 12 heteroatoms. The van der Waals surface area contributed by atoms with Gasteiger partial charge in [0.05, 0.1) is 30.1 Å². The second kappa shape index (κ2) is 10.9. The number of aliphatic hydroxyl groups is 1. The van der Waals surface area contributed by atoms with Gasteiger partial charge in [0.25, 0.3) is 11.5 Å². The second-order valence-electron chi connectivity index (χ2n) is 11.8. The summed E-state index contributed by atoms with van der Waals surface area (Å²) in [5.41, 5.74) is 7.43. The van der Waals surface area contributed by atoms with Crippen LogP contribution < -0.4 is 11.3 Å². The molecule has 2 aliphatic rings. The highest BCUT2D eigenvalue weighted by Crippen LogP contribution is 2.43. The van der Waals surface area contributed by atoms with E-state index in [1.54, 1.807) is 17.8 Å². The largest absolute Gasteiger partial charge is 0.388 e. The summed E-state index contributed by atoms with van der Waals surface area (Å²) in [6, 6.07) is 15.3. The van der Waals surface area contributed by atoms with Crippen LogP contribution in [0, 0.1) is 0 Å². The number of hydrogen-bond acceptors (Lipinski definition) is 6. The number of rotatable bonds is 8. The van der Waals surface area contributed by atoms with Gasteiger partial charge in [-0.05, 0) is 36.8 Å². The number of nitrogens with zero attached hydrogens (tertiary/aromatic N) is 5. The standard InChI is InChI=1S/C31H33F3N6O3/c1-38-26(20-7-9-21(10-8-20)31(35)11-12-31)24-25(37-38)29(42)40(18-36-24)17-30(43)13-15-39(16-14-30)28(41)23(32)22(27(33)34)19-5-3-2-4-6-19/h2-10,18,22-23,27,43H,11-17,35H2,1H3. The Morgan fingerprint density at radius 1 is 1.00 bits per heavy atom. The number of carbonyl (C=O) groups excluding carboxylic acids is 1. The molecule has 43 heavy (non-hydrogen) atoms. The summed E-state index contributed by atoms with van der Waals surface area (Å²) in [5, 5.41) is 15.7. The molecule has 6 rings (SSSR count). The second-order valence-corrected chi connectivity index (χ2v) is 11.8. The molecule has 3 N–H and O–H groups in total. The van der Waals surface area contributed by atoms with E-state index < -0.39 is 35.6 Å². The molecule has 1 saturated heterocycles. The molecular formula is C31H33F3N6O3. The quantitative estimate of drug-likeness (QED) is 0.323. The van der Waals surface area contributed by atoms with Crippen molar-refractivity contribution in [3.63, 3.8) is 0 Å². The molecule has 4 aromatic rings. The molecule has 0 bridgehead atoms. The van der Waals surface area contributed by atoms with Crippen LogP contribution in [-0.2, 0) is 23.9 Å². The molecule has 2 aromatic carbocycles. The lowest BCUT2D eigenvalue weighted by Crippen LogP contribution is -2.52. The molecule has 2 atom stereocenters. The van der Waals surface area contributed by atoms with E-state index in [0.717, 1.165) is 28.9 Å². The van der Waals surface area contributed by atoms with Crippen molar-refractivity contribution >= 4 is 16.9 Å². The molecule has 2 aromatic heterocycles. The normalized spacial score (nSPS) is 19.0. The predicted molar refractivity (Wildman–Crippen MR) is 154 cm³/mol. The maximum absolute atomic E-state index is 15.2. The third kappa shape index (κ3) is 5.45. The number of likely N-dealkylation sites (tertiary alicyclic amines) is 1. The van der Waals surface area contributed by atoms with Gasteiger partial charge in [-0.3, -0.25) is 18.8 Å². The zero-order valence-corrected chi connectivity index (χ0v) is 23.7. The van der Waals surface area contributed by atoms with Crippen molar-refractivity contribution in [3.8, 4) is 11.3 Å². The highest BCUT2D eigenvalue weighted by Gasteiger charge is 2.42. The van der Waals surface area contributed by atoms with E-state index in [4.69, 9.17) is 5.73 Å². The molecule has 1 saturated carbocycles. The minimum absolute atomic E-state index is 0.0308. The number of fused-ring (bicyclic) bond motifs is 1. The van der Waals surface area contributed by atoms with Crippen molar-refractivity contribution < 1.29 is 23.1 Å². The first-order chi connectivity index (χ1) is 20.5. The number of amides is 1. The van der Waals surface area contributed by atoms with Crippen molar-refractivity contribution in [1.29, 1.82) is 0 Å².